The highest BCUT2D eigenvalue weighted by Crippen LogP contribution is 2.22. The van der Waals surface area contributed by atoms with E-state index >= 15 is 0 Å². The highest BCUT2D eigenvalue weighted by atomic mass is 16.5. The van der Waals surface area contributed by atoms with E-state index in [2.05, 4.69) is 31.2 Å². The van der Waals surface area contributed by atoms with Crippen molar-refractivity contribution in [1.82, 2.24) is 10.5 Å². The van der Waals surface area contributed by atoms with Gasteiger partial charge in [0.1, 0.15) is 0 Å². The zero-order valence-corrected chi connectivity index (χ0v) is 11.4. The summed E-state index contributed by atoms with van der Waals surface area (Å²) < 4.78 is 4.92. The van der Waals surface area contributed by atoms with Crippen LogP contribution in [0.25, 0.3) is 0 Å². The van der Waals surface area contributed by atoms with Crippen LogP contribution in [0.1, 0.15) is 42.5 Å². The second-order valence-corrected chi connectivity index (χ2v) is 5.49. The first kappa shape index (κ1) is 13.3. The molecule has 1 aromatic carbocycles. The van der Waals surface area contributed by atoms with E-state index in [9.17, 15) is 4.79 Å². The lowest BCUT2D eigenvalue weighted by Gasteiger charge is -2.19. The van der Waals surface area contributed by atoms with E-state index < -0.39 is 0 Å². The van der Waals surface area contributed by atoms with Gasteiger partial charge in [0.25, 0.3) is 5.91 Å². The van der Waals surface area contributed by atoms with E-state index in [-0.39, 0.29) is 11.3 Å². The summed E-state index contributed by atoms with van der Waals surface area (Å²) in [6.45, 7) is 6.78. The van der Waals surface area contributed by atoms with Gasteiger partial charge in [-0.15, -0.1) is 0 Å². The number of hydrogen-bond acceptors (Lipinski definition) is 3. The summed E-state index contributed by atoms with van der Waals surface area (Å²) in [5.41, 5.74) is 1.95. The highest BCUT2D eigenvalue weighted by molar-refractivity contribution is 5.94. The summed E-state index contributed by atoms with van der Waals surface area (Å²) in [6, 6.07) is 9.39. The molecule has 0 aliphatic rings. The molecule has 0 saturated heterocycles. The maximum absolute atomic E-state index is 11.9. The number of carbonyl (C=O) groups is 1. The van der Waals surface area contributed by atoms with Gasteiger partial charge in [-0.05, 0) is 23.1 Å². The van der Waals surface area contributed by atoms with Gasteiger partial charge in [-0.3, -0.25) is 4.79 Å². The van der Waals surface area contributed by atoms with Crippen molar-refractivity contribution in [2.45, 2.75) is 32.7 Å². The van der Waals surface area contributed by atoms with Gasteiger partial charge in [0.2, 0.25) is 0 Å². The third-order valence-electron chi connectivity index (χ3n) is 2.93. The standard InChI is InChI=1S/C15H18N2O2/c1-15(2,3)12-6-4-11(5-7-12)14(18)16-10-13-8-9-17-19-13/h4-9H,10H2,1-3H3,(H,16,18). The molecule has 0 aliphatic heterocycles. The molecule has 0 fully saturated rings. The van der Waals surface area contributed by atoms with Crippen molar-refractivity contribution in [2.24, 2.45) is 0 Å². The van der Waals surface area contributed by atoms with Crippen molar-refractivity contribution in [3.8, 4) is 0 Å². The molecule has 0 aliphatic carbocycles. The molecule has 100 valence electrons. The van der Waals surface area contributed by atoms with Crippen molar-refractivity contribution in [3.05, 3.63) is 53.4 Å². The molecule has 4 nitrogen and oxygen atoms in total. The number of carbonyl (C=O) groups excluding carboxylic acids is 1. The normalized spacial score (nSPS) is 11.3. The Kier molecular flexibility index (Phi) is 3.69. The Morgan fingerprint density at radius 3 is 2.42 bits per heavy atom. The lowest BCUT2D eigenvalue weighted by molar-refractivity contribution is 0.0947. The number of benzene rings is 1. The van der Waals surface area contributed by atoms with E-state index in [4.69, 9.17) is 4.52 Å². The van der Waals surface area contributed by atoms with Crippen LogP contribution in [-0.2, 0) is 12.0 Å². The van der Waals surface area contributed by atoms with Gasteiger partial charge in [0.05, 0.1) is 12.7 Å². The Morgan fingerprint density at radius 1 is 1.21 bits per heavy atom. The molecule has 1 heterocycles. The highest BCUT2D eigenvalue weighted by Gasteiger charge is 2.14. The predicted molar refractivity (Wildman–Crippen MR) is 72.8 cm³/mol. The van der Waals surface area contributed by atoms with Crippen LogP contribution in [0.3, 0.4) is 0 Å². The van der Waals surface area contributed by atoms with E-state index in [0.29, 0.717) is 17.9 Å². The van der Waals surface area contributed by atoms with E-state index in [1.807, 2.05) is 24.3 Å². The minimum atomic E-state index is -0.114. The first-order valence-electron chi connectivity index (χ1n) is 6.25. The average molecular weight is 258 g/mol. The van der Waals surface area contributed by atoms with Crippen LogP contribution in [-0.4, -0.2) is 11.1 Å². The smallest absolute Gasteiger partial charge is 0.251 e. The molecule has 2 rings (SSSR count). The summed E-state index contributed by atoms with van der Waals surface area (Å²) >= 11 is 0. The molecule has 1 amide bonds. The van der Waals surface area contributed by atoms with Crippen molar-refractivity contribution < 1.29 is 9.32 Å². The average Bonchev–Trinajstić information content (AvgIpc) is 2.88. The largest absolute Gasteiger partial charge is 0.360 e. The number of nitrogens with one attached hydrogen (secondary N) is 1. The van der Waals surface area contributed by atoms with Crippen LogP contribution in [0.5, 0.6) is 0 Å². The van der Waals surface area contributed by atoms with Crippen LogP contribution >= 0.6 is 0 Å². The summed E-state index contributed by atoms with van der Waals surface area (Å²) in [4.78, 5) is 11.9. The molecule has 2 aromatic rings. The van der Waals surface area contributed by atoms with Crippen LogP contribution in [0.2, 0.25) is 0 Å². The Bertz CT molecular complexity index is 537. The minimum Gasteiger partial charge on any atom is -0.360 e. The first-order chi connectivity index (χ1) is 8.97. The Hall–Kier alpha value is -2.10. The Labute approximate surface area is 112 Å². The number of rotatable bonds is 3. The molecule has 1 aromatic heterocycles. The lowest BCUT2D eigenvalue weighted by Crippen LogP contribution is -2.22. The molecule has 0 saturated carbocycles. The van der Waals surface area contributed by atoms with Crippen LogP contribution in [0.15, 0.2) is 41.1 Å². The van der Waals surface area contributed by atoms with Gasteiger partial charge >= 0.3 is 0 Å². The predicted octanol–water partition coefficient (Wildman–Crippen LogP) is 2.90. The van der Waals surface area contributed by atoms with E-state index in [0.717, 1.165) is 0 Å². The molecule has 0 atom stereocenters. The van der Waals surface area contributed by atoms with Crippen molar-refractivity contribution in [1.29, 1.82) is 0 Å². The molecule has 4 heteroatoms. The van der Waals surface area contributed by atoms with Gasteiger partial charge in [-0.2, -0.15) is 0 Å². The summed E-state index contributed by atoms with van der Waals surface area (Å²) in [5.74, 6) is 0.525. The summed E-state index contributed by atoms with van der Waals surface area (Å²) in [7, 11) is 0. The lowest BCUT2D eigenvalue weighted by atomic mass is 9.87. The molecule has 19 heavy (non-hydrogen) atoms. The zero-order valence-electron chi connectivity index (χ0n) is 11.4. The maximum Gasteiger partial charge on any atom is 0.251 e. The van der Waals surface area contributed by atoms with E-state index in [1.54, 1.807) is 12.3 Å². The molecule has 0 radical (unpaired) electrons. The van der Waals surface area contributed by atoms with Gasteiger partial charge in [-0.25, -0.2) is 0 Å². The Morgan fingerprint density at radius 2 is 1.89 bits per heavy atom. The van der Waals surface area contributed by atoms with E-state index in [1.165, 1.54) is 5.56 Å². The van der Waals surface area contributed by atoms with Crippen LogP contribution < -0.4 is 5.32 Å². The third-order valence-corrected chi connectivity index (χ3v) is 2.93. The maximum atomic E-state index is 11.9. The minimum absolute atomic E-state index is 0.0921. The SMILES string of the molecule is CC(C)(C)c1ccc(C(=O)NCc2ccno2)cc1. The quantitative estimate of drug-likeness (QED) is 0.921. The number of aromatic nitrogens is 1. The topological polar surface area (TPSA) is 55.1 Å². The molecule has 0 spiro atoms. The third kappa shape index (κ3) is 3.44. The van der Waals surface area contributed by atoms with Gasteiger partial charge in [0, 0.05) is 11.6 Å². The molecule has 1 N–H and O–H groups in total. The van der Waals surface area contributed by atoms with Crippen molar-refractivity contribution in [2.75, 3.05) is 0 Å². The molecular formula is C15H18N2O2. The van der Waals surface area contributed by atoms with Crippen LogP contribution in [0, 0.1) is 0 Å². The fourth-order valence-corrected chi connectivity index (χ4v) is 1.72. The number of nitrogens with zero attached hydrogens (tertiary/aromatic N) is 1. The van der Waals surface area contributed by atoms with Crippen molar-refractivity contribution in [3.63, 3.8) is 0 Å². The Balaban J connectivity index is 2.00. The number of amides is 1. The fraction of sp³-hybridized carbons (Fsp3) is 0.333. The molecule has 0 unspecified atom stereocenters. The van der Waals surface area contributed by atoms with Gasteiger partial charge in [0.15, 0.2) is 5.76 Å². The first-order valence-corrected chi connectivity index (χ1v) is 6.25. The molecule has 0 bridgehead atoms. The van der Waals surface area contributed by atoms with Gasteiger partial charge in [-0.1, -0.05) is 38.1 Å². The second kappa shape index (κ2) is 5.26. The fourth-order valence-electron chi connectivity index (χ4n) is 1.72. The summed E-state index contributed by atoms with van der Waals surface area (Å²) in [6.07, 6.45) is 1.56. The van der Waals surface area contributed by atoms with Crippen molar-refractivity contribution >= 4 is 5.91 Å². The summed E-state index contributed by atoms with van der Waals surface area (Å²) in [5, 5.41) is 6.37. The zero-order chi connectivity index (χ0) is 13.9. The number of hydrogen-bond donors (Lipinski definition) is 1. The molecular weight excluding hydrogens is 240 g/mol. The second-order valence-electron chi connectivity index (χ2n) is 5.49. The van der Waals surface area contributed by atoms with Gasteiger partial charge < -0.3 is 9.84 Å². The monoisotopic (exact) mass is 258 g/mol. The van der Waals surface area contributed by atoms with Crippen LogP contribution in [0.4, 0.5) is 0 Å².